The average Bonchev–Trinajstić information content (AvgIpc) is 2.46. The second-order valence-electron chi connectivity index (χ2n) is 4.02. The number of allylic oxidation sites excluding steroid dienone is 1. The first-order valence-corrected chi connectivity index (χ1v) is 7.07. The number of ketones is 1. The van der Waals surface area contributed by atoms with Gasteiger partial charge in [-0.25, -0.2) is 0 Å². The van der Waals surface area contributed by atoms with E-state index in [4.69, 9.17) is 5.11 Å². The van der Waals surface area contributed by atoms with Gasteiger partial charge in [-0.3, -0.25) is 4.79 Å². The van der Waals surface area contributed by atoms with E-state index in [-0.39, 0.29) is 11.5 Å². The monoisotopic (exact) mass is 270 g/mol. The van der Waals surface area contributed by atoms with Crippen molar-refractivity contribution in [3.63, 3.8) is 0 Å². The number of hydrogen-bond donors (Lipinski definition) is 1. The summed E-state index contributed by atoms with van der Waals surface area (Å²) in [4.78, 5) is 13.1. The van der Waals surface area contributed by atoms with Crippen LogP contribution in [0.15, 0.2) is 59.5 Å². The van der Waals surface area contributed by atoms with Crippen molar-refractivity contribution < 1.29 is 9.90 Å². The summed E-state index contributed by atoms with van der Waals surface area (Å²) in [5, 5.41) is 9.16. The lowest BCUT2D eigenvalue weighted by molar-refractivity contribution is 0.104. The SMILES string of the molecule is CSc1ccc(C=CC(=O)c2ccc(O)cc2)cc1. The number of aromatic hydroxyl groups is 1. The molecule has 19 heavy (non-hydrogen) atoms. The van der Waals surface area contributed by atoms with Crippen LogP contribution in [0.4, 0.5) is 0 Å². The Morgan fingerprint density at radius 1 is 1.05 bits per heavy atom. The highest BCUT2D eigenvalue weighted by Gasteiger charge is 2.01. The number of thioether (sulfide) groups is 1. The highest BCUT2D eigenvalue weighted by molar-refractivity contribution is 7.98. The summed E-state index contributed by atoms with van der Waals surface area (Å²) < 4.78 is 0. The molecule has 0 radical (unpaired) electrons. The van der Waals surface area contributed by atoms with Gasteiger partial charge in [0.2, 0.25) is 0 Å². The van der Waals surface area contributed by atoms with Crippen LogP contribution in [0, 0.1) is 0 Å². The minimum Gasteiger partial charge on any atom is -0.508 e. The van der Waals surface area contributed by atoms with Gasteiger partial charge >= 0.3 is 0 Å². The number of carbonyl (C=O) groups excluding carboxylic acids is 1. The fourth-order valence-corrected chi connectivity index (χ4v) is 2.02. The molecule has 3 heteroatoms. The summed E-state index contributed by atoms with van der Waals surface area (Å²) in [5.74, 6) is 0.0853. The summed E-state index contributed by atoms with van der Waals surface area (Å²) in [5.41, 5.74) is 1.56. The average molecular weight is 270 g/mol. The Bertz CT molecular complexity index is 583. The molecule has 0 saturated heterocycles. The summed E-state index contributed by atoms with van der Waals surface area (Å²) >= 11 is 1.69. The maximum Gasteiger partial charge on any atom is 0.185 e. The highest BCUT2D eigenvalue weighted by Crippen LogP contribution is 2.16. The van der Waals surface area contributed by atoms with Gasteiger partial charge in [0.25, 0.3) is 0 Å². The van der Waals surface area contributed by atoms with Crippen molar-refractivity contribution in [1.82, 2.24) is 0 Å². The predicted molar refractivity (Wildman–Crippen MR) is 79.7 cm³/mol. The van der Waals surface area contributed by atoms with Crippen LogP contribution < -0.4 is 0 Å². The van der Waals surface area contributed by atoms with Gasteiger partial charge in [0.1, 0.15) is 5.75 Å². The molecule has 0 bridgehead atoms. The van der Waals surface area contributed by atoms with Crippen LogP contribution >= 0.6 is 11.8 Å². The number of carbonyl (C=O) groups is 1. The first-order valence-electron chi connectivity index (χ1n) is 5.84. The van der Waals surface area contributed by atoms with E-state index in [1.54, 1.807) is 36.0 Å². The molecule has 0 aliphatic heterocycles. The lowest BCUT2D eigenvalue weighted by atomic mass is 10.1. The van der Waals surface area contributed by atoms with Gasteiger partial charge in [-0.15, -0.1) is 11.8 Å². The molecule has 0 aliphatic rings. The standard InChI is InChI=1S/C16H14O2S/c1-19-15-9-2-12(3-10-15)4-11-16(18)13-5-7-14(17)8-6-13/h2-11,17H,1H3. The van der Waals surface area contributed by atoms with E-state index in [0.29, 0.717) is 5.56 Å². The number of benzene rings is 2. The summed E-state index contributed by atoms with van der Waals surface area (Å²) in [6.07, 6.45) is 5.36. The van der Waals surface area contributed by atoms with Gasteiger partial charge in [-0.05, 0) is 54.3 Å². The first-order chi connectivity index (χ1) is 9.19. The van der Waals surface area contributed by atoms with Crippen molar-refractivity contribution in [3.8, 4) is 5.75 Å². The molecule has 1 N–H and O–H groups in total. The summed E-state index contributed by atoms with van der Waals surface area (Å²) in [6.45, 7) is 0. The molecule has 0 fully saturated rings. The van der Waals surface area contributed by atoms with Crippen LogP contribution in [0.5, 0.6) is 5.75 Å². The number of hydrogen-bond acceptors (Lipinski definition) is 3. The quantitative estimate of drug-likeness (QED) is 0.518. The van der Waals surface area contributed by atoms with Crippen molar-refractivity contribution in [2.45, 2.75) is 4.90 Å². The maximum atomic E-state index is 11.9. The molecule has 0 unspecified atom stereocenters. The fraction of sp³-hybridized carbons (Fsp3) is 0.0625. The van der Waals surface area contributed by atoms with Crippen LogP contribution in [0.3, 0.4) is 0 Å². The van der Waals surface area contributed by atoms with Gasteiger partial charge < -0.3 is 5.11 Å². The minimum absolute atomic E-state index is 0.0751. The number of phenols is 1. The van der Waals surface area contributed by atoms with Crippen molar-refractivity contribution in [2.24, 2.45) is 0 Å². The molecule has 2 aromatic rings. The Balaban J connectivity index is 2.08. The third-order valence-electron chi connectivity index (χ3n) is 2.69. The predicted octanol–water partition coefficient (Wildman–Crippen LogP) is 4.01. The molecule has 96 valence electrons. The molecule has 0 saturated carbocycles. The van der Waals surface area contributed by atoms with E-state index in [9.17, 15) is 4.79 Å². The number of rotatable bonds is 4. The van der Waals surface area contributed by atoms with Gasteiger partial charge in [-0.1, -0.05) is 18.2 Å². The van der Waals surface area contributed by atoms with Crippen molar-refractivity contribution >= 4 is 23.6 Å². The minimum atomic E-state index is -0.0751. The molecule has 0 heterocycles. The number of phenolic OH excluding ortho intramolecular Hbond substituents is 1. The van der Waals surface area contributed by atoms with Crippen LogP contribution in [0.1, 0.15) is 15.9 Å². The van der Waals surface area contributed by atoms with E-state index in [2.05, 4.69) is 0 Å². The lowest BCUT2D eigenvalue weighted by Crippen LogP contribution is -1.92. The van der Waals surface area contributed by atoms with Crippen LogP contribution in [-0.2, 0) is 0 Å². The zero-order valence-electron chi connectivity index (χ0n) is 10.5. The highest BCUT2D eigenvalue weighted by atomic mass is 32.2. The van der Waals surface area contributed by atoms with Crippen molar-refractivity contribution in [3.05, 3.63) is 65.7 Å². The Hall–Kier alpha value is -2.00. The van der Waals surface area contributed by atoms with E-state index < -0.39 is 0 Å². The van der Waals surface area contributed by atoms with Gasteiger partial charge in [0.15, 0.2) is 5.78 Å². The molecule has 0 aliphatic carbocycles. The van der Waals surface area contributed by atoms with Gasteiger partial charge in [0.05, 0.1) is 0 Å². The first kappa shape index (κ1) is 13.4. The van der Waals surface area contributed by atoms with Gasteiger partial charge in [-0.2, -0.15) is 0 Å². The maximum absolute atomic E-state index is 11.9. The van der Waals surface area contributed by atoms with E-state index in [1.165, 1.54) is 17.0 Å². The van der Waals surface area contributed by atoms with Crippen molar-refractivity contribution in [1.29, 1.82) is 0 Å². The molecular weight excluding hydrogens is 256 g/mol. The molecular formula is C16H14O2S. The molecule has 2 aromatic carbocycles. The summed E-state index contributed by atoms with van der Waals surface area (Å²) in [7, 11) is 0. The van der Waals surface area contributed by atoms with E-state index in [1.807, 2.05) is 30.5 Å². The molecule has 2 rings (SSSR count). The largest absolute Gasteiger partial charge is 0.508 e. The van der Waals surface area contributed by atoms with E-state index in [0.717, 1.165) is 5.56 Å². The van der Waals surface area contributed by atoms with Crippen molar-refractivity contribution in [2.75, 3.05) is 6.26 Å². The van der Waals surface area contributed by atoms with Crippen LogP contribution in [0.25, 0.3) is 6.08 Å². The van der Waals surface area contributed by atoms with E-state index >= 15 is 0 Å². The molecule has 2 nitrogen and oxygen atoms in total. The summed E-state index contributed by atoms with van der Waals surface area (Å²) in [6, 6.07) is 14.2. The molecule has 0 atom stereocenters. The topological polar surface area (TPSA) is 37.3 Å². The van der Waals surface area contributed by atoms with Gasteiger partial charge in [0, 0.05) is 10.5 Å². The Labute approximate surface area is 116 Å². The second kappa shape index (κ2) is 6.25. The zero-order chi connectivity index (χ0) is 13.7. The van der Waals surface area contributed by atoms with Crippen LogP contribution in [-0.4, -0.2) is 17.1 Å². The molecule has 0 amide bonds. The lowest BCUT2D eigenvalue weighted by Gasteiger charge is -1.98. The third kappa shape index (κ3) is 3.73. The molecule has 0 spiro atoms. The van der Waals surface area contributed by atoms with Crippen LogP contribution in [0.2, 0.25) is 0 Å². The molecule has 0 aromatic heterocycles. The smallest absolute Gasteiger partial charge is 0.185 e. The Kier molecular flexibility index (Phi) is 4.42. The Morgan fingerprint density at radius 3 is 2.26 bits per heavy atom. The fourth-order valence-electron chi connectivity index (χ4n) is 1.61. The third-order valence-corrected chi connectivity index (χ3v) is 3.44. The normalized spacial score (nSPS) is 10.8. The second-order valence-corrected chi connectivity index (χ2v) is 4.90. The zero-order valence-corrected chi connectivity index (χ0v) is 11.4. The Morgan fingerprint density at radius 2 is 1.68 bits per heavy atom.